The van der Waals surface area contributed by atoms with Gasteiger partial charge in [-0.15, -0.1) is 0 Å². The molecular weight excluding hydrogens is 202 g/mol. The molecule has 0 radical (unpaired) electrons. The van der Waals surface area contributed by atoms with Gasteiger partial charge >= 0.3 is 0 Å². The molecule has 58 valence electrons. The second-order valence-electron chi connectivity index (χ2n) is 3.06. The van der Waals surface area contributed by atoms with E-state index < -0.39 is 0 Å². The number of pyridine rings is 1. The van der Waals surface area contributed by atoms with Crippen molar-refractivity contribution in [1.82, 2.24) is 4.98 Å². The highest BCUT2D eigenvalue weighted by Crippen LogP contribution is 2.36. The molecule has 0 bridgehead atoms. The van der Waals surface area contributed by atoms with E-state index in [0.29, 0.717) is 0 Å². The molecule has 1 saturated carbocycles. The highest BCUT2D eigenvalue weighted by molar-refractivity contribution is 9.10. The molecule has 1 fully saturated rings. The van der Waals surface area contributed by atoms with E-state index in [0.717, 1.165) is 10.4 Å². The third-order valence-corrected chi connectivity index (χ3v) is 2.74. The summed E-state index contributed by atoms with van der Waals surface area (Å²) in [5, 5.41) is 0. The van der Waals surface area contributed by atoms with Crippen molar-refractivity contribution in [2.45, 2.75) is 25.2 Å². The number of hydrogen-bond acceptors (Lipinski definition) is 1. The summed E-state index contributed by atoms with van der Waals surface area (Å²) in [6, 6.07) is 2.18. The maximum Gasteiger partial charge on any atom is 0.0410 e. The monoisotopic (exact) mass is 211 g/mol. The maximum absolute atomic E-state index is 4.14. The number of rotatable bonds is 1. The van der Waals surface area contributed by atoms with Gasteiger partial charge in [0.05, 0.1) is 0 Å². The molecule has 0 unspecified atom stereocenters. The lowest BCUT2D eigenvalue weighted by Crippen LogP contribution is -2.08. The molecule has 2 heteroatoms. The van der Waals surface area contributed by atoms with Gasteiger partial charge in [0.25, 0.3) is 0 Å². The lowest BCUT2D eigenvalue weighted by atomic mass is 9.81. The van der Waals surface area contributed by atoms with Crippen molar-refractivity contribution < 1.29 is 0 Å². The fourth-order valence-electron chi connectivity index (χ4n) is 1.39. The Bertz CT molecular complexity index is 255. The number of aromatic nitrogens is 1. The van der Waals surface area contributed by atoms with E-state index >= 15 is 0 Å². The van der Waals surface area contributed by atoms with Gasteiger partial charge in [-0.05, 0) is 46.3 Å². The van der Waals surface area contributed by atoms with Crippen LogP contribution in [-0.2, 0) is 0 Å². The minimum Gasteiger partial charge on any atom is -0.263 e. The van der Waals surface area contributed by atoms with E-state index in [1.165, 1.54) is 24.8 Å². The average molecular weight is 212 g/mol. The number of hydrogen-bond donors (Lipinski definition) is 0. The Morgan fingerprint density at radius 3 is 2.73 bits per heavy atom. The molecule has 0 amide bonds. The molecule has 0 N–H and O–H groups in total. The first-order valence-electron chi connectivity index (χ1n) is 3.97. The SMILES string of the molecule is Brc1cncc(C2CCC2)c1. The molecular formula is C9H10BrN. The van der Waals surface area contributed by atoms with Gasteiger partial charge in [-0.25, -0.2) is 0 Å². The molecule has 1 aromatic heterocycles. The molecule has 2 rings (SSSR count). The first-order chi connectivity index (χ1) is 5.36. The first kappa shape index (κ1) is 7.29. The molecule has 1 nitrogen and oxygen atoms in total. The van der Waals surface area contributed by atoms with Crippen molar-refractivity contribution >= 4 is 15.9 Å². The van der Waals surface area contributed by atoms with Crippen LogP contribution in [0.25, 0.3) is 0 Å². The first-order valence-corrected chi connectivity index (χ1v) is 4.76. The Kier molecular flexibility index (Phi) is 1.95. The predicted octanol–water partition coefficient (Wildman–Crippen LogP) is 3.11. The normalized spacial score (nSPS) is 17.9. The highest BCUT2D eigenvalue weighted by Gasteiger charge is 2.19. The van der Waals surface area contributed by atoms with E-state index in [2.05, 4.69) is 27.0 Å². The third-order valence-electron chi connectivity index (χ3n) is 2.30. The van der Waals surface area contributed by atoms with E-state index in [-0.39, 0.29) is 0 Å². The quantitative estimate of drug-likeness (QED) is 0.696. The number of halogens is 1. The minimum atomic E-state index is 0.792. The van der Waals surface area contributed by atoms with Crippen LogP contribution in [0, 0.1) is 0 Å². The van der Waals surface area contributed by atoms with E-state index in [1.807, 2.05) is 12.4 Å². The molecule has 0 aromatic carbocycles. The van der Waals surface area contributed by atoms with Crippen LogP contribution in [-0.4, -0.2) is 4.98 Å². The van der Waals surface area contributed by atoms with Crippen molar-refractivity contribution in [2.24, 2.45) is 0 Å². The summed E-state index contributed by atoms with van der Waals surface area (Å²) >= 11 is 3.42. The zero-order valence-corrected chi connectivity index (χ0v) is 7.84. The minimum absolute atomic E-state index is 0.792. The van der Waals surface area contributed by atoms with Gasteiger partial charge in [-0.1, -0.05) is 6.42 Å². The highest BCUT2D eigenvalue weighted by atomic mass is 79.9. The summed E-state index contributed by atoms with van der Waals surface area (Å²) in [6.45, 7) is 0. The second-order valence-corrected chi connectivity index (χ2v) is 3.98. The van der Waals surface area contributed by atoms with Gasteiger partial charge in [0.2, 0.25) is 0 Å². The lowest BCUT2D eigenvalue weighted by Gasteiger charge is -2.25. The van der Waals surface area contributed by atoms with Crippen LogP contribution in [0.3, 0.4) is 0 Å². The Labute approximate surface area is 75.0 Å². The van der Waals surface area contributed by atoms with Crippen LogP contribution in [0.4, 0.5) is 0 Å². The van der Waals surface area contributed by atoms with Gasteiger partial charge in [-0.2, -0.15) is 0 Å². The fraction of sp³-hybridized carbons (Fsp3) is 0.444. The van der Waals surface area contributed by atoms with Gasteiger partial charge in [-0.3, -0.25) is 4.98 Å². The Morgan fingerprint density at radius 2 is 2.18 bits per heavy atom. The molecule has 0 atom stereocenters. The molecule has 11 heavy (non-hydrogen) atoms. The molecule has 0 spiro atoms. The summed E-state index contributed by atoms with van der Waals surface area (Å²) < 4.78 is 1.10. The van der Waals surface area contributed by atoms with Crippen molar-refractivity contribution in [2.75, 3.05) is 0 Å². The van der Waals surface area contributed by atoms with Crippen LogP contribution < -0.4 is 0 Å². The standard InChI is InChI=1S/C9H10BrN/c10-9-4-8(5-11-6-9)7-2-1-3-7/h4-7H,1-3H2. The van der Waals surface area contributed by atoms with E-state index in [1.54, 1.807) is 0 Å². The third kappa shape index (κ3) is 1.45. The largest absolute Gasteiger partial charge is 0.263 e. The Balaban J connectivity index is 2.23. The van der Waals surface area contributed by atoms with Crippen LogP contribution in [0.1, 0.15) is 30.7 Å². The summed E-state index contributed by atoms with van der Waals surface area (Å²) in [5.41, 5.74) is 1.39. The molecule has 1 aliphatic carbocycles. The lowest BCUT2D eigenvalue weighted by molar-refractivity contribution is 0.418. The van der Waals surface area contributed by atoms with Gasteiger partial charge in [0.1, 0.15) is 0 Å². The molecule has 1 aromatic rings. The van der Waals surface area contributed by atoms with Gasteiger partial charge in [0, 0.05) is 16.9 Å². The van der Waals surface area contributed by atoms with Crippen LogP contribution in [0.2, 0.25) is 0 Å². The van der Waals surface area contributed by atoms with Crippen molar-refractivity contribution in [3.8, 4) is 0 Å². The Hall–Kier alpha value is -0.370. The molecule has 1 heterocycles. The number of nitrogens with zero attached hydrogens (tertiary/aromatic N) is 1. The van der Waals surface area contributed by atoms with Crippen molar-refractivity contribution in [1.29, 1.82) is 0 Å². The summed E-state index contributed by atoms with van der Waals surface area (Å²) in [7, 11) is 0. The molecule has 1 aliphatic rings. The zero-order chi connectivity index (χ0) is 7.68. The summed E-state index contributed by atoms with van der Waals surface area (Å²) in [6.07, 6.45) is 7.89. The fourth-order valence-corrected chi connectivity index (χ4v) is 1.78. The predicted molar refractivity (Wildman–Crippen MR) is 48.5 cm³/mol. The van der Waals surface area contributed by atoms with E-state index in [9.17, 15) is 0 Å². The summed E-state index contributed by atoms with van der Waals surface area (Å²) in [4.78, 5) is 4.14. The van der Waals surface area contributed by atoms with Gasteiger partial charge < -0.3 is 0 Å². The zero-order valence-electron chi connectivity index (χ0n) is 6.26. The second kappa shape index (κ2) is 2.94. The summed E-state index contributed by atoms with van der Waals surface area (Å²) in [5.74, 6) is 0.792. The average Bonchev–Trinajstić information content (AvgIpc) is 1.83. The molecule has 0 saturated heterocycles. The van der Waals surface area contributed by atoms with Crippen LogP contribution in [0.15, 0.2) is 22.9 Å². The van der Waals surface area contributed by atoms with E-state index in [4.69, 9.17) is 0 Å². The van der Waals surface area contributed by atoms with Crippen LogP contribution >= 0.6 is 15.9 Å². The topological polar surface area (TPSA) is 12.9 Å². The van der Waals surface area contributed by atoms with Crippen LogP contribution in [0.5, 0.6) is 0 Å². The Morgan fingerprint density at radius 1 is 1.36 bits per heavy atom. The molecule has 0 aliphatic heterocycles. The maximum atomic E-state index is 4.14. The smallest absolute Gasteiger partial charge is 0.0410 e. The van der Waals surface area contributed by atoms with Crippen molar-refractivity contribution in [3.63, 3.8) is 0 Å². The van der Waals surface area contributed by atoms with Crippen molar-refractivity contribution in [3.05, 3.63) is 28.5 Å². The van der Waals surface area contributed by atoms with Gasteiger partial charge in [0.15, 0.2) is 0 Å².